The molecule has 0 radical (unpaired) electrons. The third-order valence-corrected chi connectivity index (χ3v) is 4.32. The zero-order chi connectivity index (χ0) is 14.7. The van der Waals surface area contributed by atoms with Crippen molar-refractivity contribution in [2.75, 3.05) is 27.2 Å². The van der Waals surface area contributed by atoms with Crippen LogP contribution in [0.15, 0.2) is 12.4 Å². The van der Waals surface area contributed by atoms with E-state index in [9.17, 15) is 4.79 Å². The maximum Gasteiger partial charge on any atom is 0.223 e. The van der Waals surface area contributed by atoms with Crippen LogP contribution in [-0.2, 0) is 11.2 Å². The molecule has 0 aromatic carbocycles. The molecule has 0 aliphatic carbocycles. The zero-order valence-corrected chi connectivity index (χ0v) is 13.0. The Bertz CT molecular complexity index is 448. The van der Waals surface area contributed by atoms with Gasteiger partial charge in [-0.1, -0.05) is 6.92 Å². The molecule has 1 aromatic rings. The monoisotopic (exact) mass is 278 g/mol. The minimum Gasteiger partial charge on any atom is -0.339 e. The lowest BCUT2D eigenvalue weighted by atomic mass is 10.1. The minimum atomic E-state index is 0.252. The van der Waals surface area contributed by atoms with E-state index in [4.69, 9.17) is 0 Å². The normalized spacial score (nSPS) is 17.4. The third-order valence-electron chi connectivity index (χ3n) is 4.32. The Morgan fingerprint density at radius 1 is 1.50 bits per heavy atom. The van der Waals surface area contributed by atoms with Crippen LogP contribution in [-0.4, -0.2) is 58.5 Å². The SMILES string of the molecule is CCC(C)n1ccnc1CCC(=O)N1CC(N(C)C)C1. The predicted octanol–water partition coefficient (Wildman–Crippen LogP) is 1.56. The molecular weight excluding hydrogens is 252 g/mol. The Balaban J connectivity index is 1.81. The first-order valence-corrected chi connectivity index (χ1v) is 7.48. The highest BCUT2D eigenvalue weighted by molar-refractivity contribution is 5.77. The molecule has 1 unspecified atom stereocenters. The van der Waals surface area contributed by atoms with Gasteiger partial charge in [-0.2, -0.15) is 0 Å². The van der Waals surface area contributed by atoms with Gasteiger partial charge >= 0.3 is 0 Å². The smallest absolute Gasteiger partial charge is 0.223 e. The van der Waals surface area contributed by atoms with Crippen LogP contribution in [0, 0.1) is 0 Å². The van der Waals surface area contributed by atoms with Crippen molar-refractivity contribution >= 4 is 5.91 Å². The number of aryl methyl sites for hydroxylation is 1. The number of aromatic nitrogens is 2. The number of likely N-dealkylation sites (N-methyl/N-ethyl adjacent to an activating group) is 1. The molecule has 1 amide bonds. The summed E-state index contributed by atoms with van der Waals surface area (Å²) in [5.41, 5.74) is 0. The summed E-state index contributed by atoms with van der Waals surface area (Å²) in [6, 6.07) is 0.978. The van der Waals surface area contributed by atoms with Crippen LogP contribution >= 0.6 is 0 Å². The van der Waals surface area contributed by atoms with Crippen molar-refractivity contribution in [2.24, 2.45) is 0 Å². The van der Waals surface area contributed by atoms with Crippen LogP contribution in [0.3, 0.4) is 0 Å². The van der Waals surface area contributed by atoms with E-state index in [1.807, 2.05) is 17.3 Å². The first kappa shape index (κ1) is 15.0. The highest BCUT2D eigenvalue weighted by atomic mass is 16.2. The van der Waals surface area contributed by atoms with E-state index in [0.29, 0.717) is 18.5 Å². The molecule has 0 bridgehead atoms. The van der Waals surface area contributed by atoms with Gasteiger partial charge < -0.3 is 14.4 Å². The quantitative estimate of drug-likeness (QED) is 0.793. The molecule has 1 fully saturated rings. The van der Waals surface area contributed by atoms with E-state index in [0.717, 1.165) is 31.8 Å². The Morgan fingerprint density at radius 3 is 2.80 bits per heavy atom. The van der Waals surface area contributed by atoms with E-state index in [2.05, 4.69) is 42.4 Å². The van der Waals surface area contributed by atoms with Crippen molar-refractivity contribution in [1.82, 2.24) is 19.4 Å². The van der Waals surface area contributed by atoms with Crippen molar-refractivity contribution in [3.05, 3.63) is 18.2 Å². The molecule has 112 valence electrons. The summed E-state index contributed by atoms with van der Waals surface area (Å²) in [6.07, 6.45) is 6.22. The number of carbonyl (C=O) groups is 1. The summed E-state index contributed by atoms with van der Waals surface area (Å²) >= 11 is 0. The molecule has 20 heavy (non-hydrogen) atoms. The number of hydrogen-bond acceptors (Lipinski definition) is 3. The van der Waals surface area contributed by atoms with Gasteiger partial charge in [0.1, 0.15) is 5.82 Å². The fourth-order valence-electron chi connectivity index (χ4n) is 2.50. The van der Waals surface area contributed by atoms with Crippen molar-refractivity contribution in [2.45, 2.75) is 45.2 Å². The molecule has 5 nitrogen and oxygen atoms in total. The van der Waals surface area contributed by atoms with Gasteiger partial charge in [-0.3, -0.25) is 4.79 Å². The van der Waals surface area contributed by atoms with Gasteiger partial charge in [-0.05, 0) is 27.4 Å². The second-order valence-corrected chi connectivity index (χ2v) is 5.92. The molecule has 2 heterocycles. The molecule has 1 aliphatic rings. The van der Waals surface area contributed by atoms with E-state index < -0.39 is 0 Å². The largest absolute Gasteiger partial charge is 0.339 e. The van der Waals surface area contributed by atoms with Crippen LogP contribution in [0.4, 0.5) is 0 Å². The molecular formula is C15H26N4O. The van der Waals surface area contributed by atoms with Gasteiger partial charge in [0, 0.05) is 50.4 Å². The number of carbonyl (C=O) groups excluding carboxylic acids is 1. The van der Waals surface area contributed by atoms with Crippen LogP contribution in [0.2, 0.25) is 0 Å². The highest BCUT2D eigenvalue weighted by Gasteiger charge is 2.31. The highest BCUT2D eigenvalue weighted by Crippen LogP contribution is 2.17. The third kappa shape index (κ3) is 3.20. The molecule has 1 aromatic heterocycles. The second kappa shape index (κ2) is 6.39. The van der Waals surface area contributed by atoms with Gasteiger partial charge in [0.25, 0.3) is 0 Å². The molecule has 5 heteroatoms. The van der Waals surface area contributed by atoms with E-state index >= 15 is 0 Å². The summed E-state index contributed by atoms with van der Waals surface area (Å²) in [7, 11) is 4.13. The molecule has 0 N–H and O–H groups in total. The fourth-order valence-corrected chi connectivity index (χ4v) is 2.50. The number of likely N-dealkylation sites (tertiary alicyclic amines) is 1. The van der Waals surface area contributed by atoms with Gasteiger partial charge in [0.05, 0.1) is 0 Å². The topological polar surface area (TPSA) is 41.4 Å². The summed E-state index contributed by atoms with van der Waals surface area (Å²) in [4.78, 5) is 20.6. The first-order chi connectivity index (χ1) is 9.52. The number of rotatable bonds is 6. The van der Waals surface area contributed by atoms with Crippen molar-refractivity contribution in [3.8, 4) is 0 Å². The second-order valence-electron chi connectivity index (χ2n) is 5.92. The van der Waals surface area contributed by atoms with Crippen molar-refractivity contribution < 1.29 is 4.79 Å². The average Bonchev–Trinajstić information content (AvgIpc) is 2.81. The maximum absolute atomic E-state index is 12.1. The Hall–Kier alpha value is -1.36. The molecule has 1 atom stereocenters. The van der Waals surface area contributed by atoms with Gasteiger partial charge in [-0.15, -0.1) is 0 Å². The average molecular weight is 278 g/mol. The molecule has 0 saturated carbocycles. The van der Waals surface area contributed by atoms with Crippen LogP contribution in [0.25, 0.3) is 0 Å². The minimum absolute atomic E-state index is 0.252. The van der Waals surface area contributed by atoms with Crippen LogP contribution in [0.5, 0.6) is 0 Å². The lowest BCUT2D eigenvalue weighted by Crippen LogP contribution is -2.59. The molecule has 1 saturated heterocycles. The number of imidazole rings is 1. The molecule has 0 spiro atoms. The standard InChI is InChI=1S/C15H26N4O/c1-5-12(2)19-9-8-16-14(19)6-7-15(20)18-10-13(11-18)17(3)4/h8-9,12-13H,5-7,10-11H2,1-4H3. The van der Waals surface area contributed by atoms with Crippen molar-refractivity contribution in [1.29, 1.82) is 0 Å². The molecule has 2 rings (SSSR count). The van der Waals surface area contributed by atoms with Gasteiger partial charge in [0.15, 0.2) is 0 Å². The number of hydrogen-bond donors (Lipinski definition) is 0. The Morgan fingerprint density at radius 2 is 2.20 bits per heavy atom. The lowest BCUT2D eigenvalue weighted by molar-refractivity contribution is -0.137. The van der Waals surface area contributed by atoms with E-state index in [-0.39, 0.29) is 5.91 Å². The number of nitrogens with zero attached hydrogens (tertiary/aromatic N) is 4. The Kier molecular flexibility index (Phi) is 4.81. The van der Waals surface area contributed by atoms with Crippen LogP contribution < -0.4 is 0 Å². The van der Waals surface area contributed by atoms with E-state index in [1.165, 1.54) is 0 Å². The van der Waals surface area contributed by atoms with E-state index in [1.54, 1.807) is 0 Å². The first-order valence-electron chi connectivity index (χ1n) is 7.48. The summed E-state index contributed by atoms with van der Waals surface area (Å²) in [5.74, 6) is 1.28. The number of amides is 1. The van der Waals surface area contributed by atoms with Crippen LogP contribution in [0.1, 0.15) is 38.6 Å². The lowest BCUT2D eigenvalue weighted by Gasteiger charge is -2.42. The van der Waals surface area contributed by atoms with Gasteiger partial charge in [-0.25, -0.2) is 4.98 Å². The van der Waals surface area contributed by atoms with Crippen molar-refractivity contribution in [3.63, 3.8) is 0 Å². The summed E-state index contributed by atoms with van der Waals surface area (Å²) in [5, 5.41) is 0. The summed E-state index contributed by atoms with van der Waals surface area (Å²) in [6.45, 7) is 6.09. The fraction of sp³-hybridized carbons (Fsp3) is 0.733. The van der Waals surface area contributed by atoms with Gasteiger partial charge in [0.2, 0.25) is 5.91 Å². The molecule has 1 aliphatic heterocycles. The predicted molar refractivity (Wildman–Crippen MR) is 79.6 cm³/mol. The zero-order valence-electron chi connectivity index (χ0n) is 13.0. The Labute approximate surface area is 121 Å². The maximum atomic E-state index is 12.1. The summed E-state index contributed by atoms with van der Waals surface area (Å²) < 4.78 is 2.19.